The maximum atomic E-state index is 11.3. The number of thioether (sulfide) groups is 1. The van der Waals surface area contributed by atoms with Gasteiger partial charge in [0.15, 0.2) is 9.99 Å². The fraction of sp³-hybridized carbons (Fsp3) is 0.375. The average Bonchev–Trinajstić information content (AvgIpc) is 2.59. The first-order chi connectivity index (χ1) is 6.81. The van der Waals surface area contributed by atoms with Gasteiger partial charge in [-0.3, -0.25) is 4.79 Å². The normalized spacial score (nSPS) is 10.9. The van der Waals surface area contributed by atoms with E-state index in [9.17, 15) is 4.79 Å². The summed E-state index contributed by atoms with van der Waals surface area (Å²) in [5.41, 5.74) is 0.452. The first kappa shape index (κ1) is 9.67. The van der Waals surface area contributed by atoms with Crippen molar-refractivity contribution in [3.63, 3.8) is 0 Å². The molecular formula is C8H9N3OS2. The van der Waals surface area contributed by atoms with Gasteiger partial charge in [0.05, 0.1) is 6.33 Å². The van der Waals surface area contributed by atoms with Gasteiger partial charge in [-0.05, 0) is 6.42 Å². The molecule has 14 heavy (non-hydrogen) atoms. The van der Waals surface area contributed by atoms with Crippen LogP contribution in [0.15, 0.2) is 15.5 Å². The molecule has 74 valence electrons. The van der Waals surface area contributed by atoms with Crippen LogP contribution in [0.4, 0.5) is 0 Å². The Kier molecular flexibility index (Phi) is 2.83. The summed E-state index contributed by atoms with van der Waals surface area (Å²) in [5.74, 6) is 1.03. The van der Waals surface area contributed by atoms with Crippen LogP contribution in [-0.4, -0.2) is 20.7 Å². The molecule has 0 atom stereocenters. The van der Waals surface area contributed by atoms with Crippen molar-refractivity contribution in [1.82, 2.24) is 15.0 Å². The Morgan fingerprint density at radius 3 is 3.21 bits per heavy atom. The minimum absolute atomic E-state index is 0.101. The molecule has 4 nitrogen and oxygen atoms in total. The molecule has 1 N–H and O–H groups in total. The number of fused-ring (bicyclic) bond motifs is 1. The van der Waals surface area contributed by atoms with Crippen molar-refractivity contribution in [2.75, 3.05) is 5.75 Å². The zero-order valence-electron chi connectivity index (χ0n) is 7.61. The van der Waals surface area contributed by atoms with Gasteiger partial charge in [0.2, 0.25) is 0 Å². The molecule has 0 fully saturated rings. The molecule has 0 saturated heterocycles. The molecule has 6 heteroatoms. The monoisotopic (exact) mass is 227 g/mol. The Hall–Kier alpha value is -0.880. The molecule has 0 saturated carbocycles. The van der Waals surface area contributed by atoms with Crippen molar-refractivity contribution in [2.24, 2.45) is 0 Å². The molecule has 0 unspecified atom stereocenters. The van der Waals surface area contributed by atoms with Gasteiger partial charge in [-0.2, -0.15) is 0 Å². The van der Waals surface area contributed by atoms with E-state index in [0.29, 0.717) is 10.3 Å². The third-order valence-electron chi connectivity index (χ3n) is 1.61. The van der Waals surface area contributed by atoms with Crippen LogP contribution < -0.4 is 5.56 Å². The molecule has 2 aromatic heterocycles. The SMILES string of the molecule is CCCSc1nc2nc[nH]c(=O)c2s1. The second-order valence-electron chi connectivity index (χ2n) is 2.71. The molecule has 2 rings (SSSR count). The number of hydrogen-bond acceptors (Lipinski definition) is 5. The van der Waals surface area contributed by atoms with Crippen molar-refractivity contribution in [1.29, 1.82) is 0 Å². The van der Waals surface area contributed by atoms with E-state index in [2.05, 4.69) is 21.9 Å². The number of hydrogen-bond donors (Lipinski definition) is 1. The first-order valence-electron chi connectivity index (χ1n) is 4.28. The number of aromatic nitrogens is 3. The summed E-state index contributed by atoms with van der Waals surface area (Å²) in [6.07, 6.45) is 2.49. The highest BCUT2D eigenvalue weighted by molar-refractivity contribution is 8.01. The number of thiazole rings is 1. The minimum atomic E-state index is -0.101. The number of rotatable bonds is 3. The summed E-state index contributed by atoms with van der Waals surface area (Å²) < 4.78 is 1.54. The lowest BCUT2D eigenvalue weighted by Gasteiger charge is -1.89. The van der Waals surface area contributed by atoms with Crippen molar-refractivity contribution in [3.8, 4) is 0 Å². The molecule has 2 aromatic rings. The Bertz CT molecular complexity index is 491. The molecule has 0 amide bonds. The standard InChI is InChI=1S/C8H9N3OS2/c1-2-3-13-8-11-6-5(14-8)7(12)10-4-9-6/h4H,2-3H2,1H3,(H,9,10,12). The van der Waals surface area contributed by atoms with Crippen LogP contribution in [0.1, 0.15) is 13.3 Å². The Morgan fingerprint density at radius 1 is 1.64 bits per heavy atom. The van der Waals surface area contributed by atoms with Gasteiger partial charge in [0, 0.05) is 5.75 Å². The second-order valence-corrected chi connectivity index (χ2v) is 5.05. The van der Waals surface area contributed by atoms with Crippen LogP contribution >= 0.6 is 23.1 Å². The van der Waals surface area contributed by atoms with Crippen LogP contribution in [-0.2, 0) is 0 Å². The highest BCUT2D eigenvalue weighted by Gasteiger charge is 2.07. The van der Waals surface area contributed by atoms with Crippen molar-refractivity contribution < 1.29 is 0 Å². The molecule has 0 radical (unpaired) electrons. The van der Waals surface area contributed by atoms with Gasteiger partial charge in [-0.25, -0.2) is 9.97 Å². The van der Waals surface area contributed by atoms with E-state index in [0.717, 1.165) is 16.5 Å². The zero-order valence-corrected chi connectivity index (χ0v) is 9.24. The van der Waals surface area contributed by atoms with E-state index in [1.165, 1.54) is 17.7 Å². The van der Waals surface area contributed by atoms with Crippen LogP contribution in [0, 0.1) is 0 Å². The molecule has 0 bridgehead atoms. The summed E-state index contributed by atoms with van der Waals surface area (Å²) >= 11 is 3.08. The predicted molar refractivity (Wildman–Crippen MR) is 59.1 cm³/mol. The molecule has 0 aliphatic carbocycles. The smallest absolute Gasteiger partial charge is 0.270 e. The molecule has 2 heterocycles. The van der Waals surface area contributed by atoms with E-state index < -0.39 is 0 Å². The molecule has 0 aromatic carbocycles. The summed E-state index contributed by atoms with van der Waals surface area (Å²) in [7, 11) is 0. The first-order valence-corrected chi connectivity index (χ1v) is 6.08. The van der Waals surface area contributed by atoms with Gasteiger partial charge in [-0.1, -0.05) is 18.7 Å². The fourth-order valence-electron chi connectivity index (χ4n) is 0.997. The van der Waals surface area contributed by atoms with Gasteiger partial charge in [0.25, 0.3) is 5.56 Å². The summed E-state index contributed by atoms with van der Waals surface area (Å²) in [6, 6.07) is 0. The van der Waals surface area contributed by atoms with Crippen molar-refractivity contribution in [2.45, 2.75) is 17.7 Å². The lowest BCUT2D eigenvalue weighted by atomic mass is 10.6. The van der Waals surface area contributed by atoms with Crippen molar-refractivity contribution in [3.05, 3.63) is 16.7 Å². The number of nitrogens with zero attached hydrogens (tertiary/aromatic N) is 2. The average molecular weight is 227 g/mol. The Balaban J connectivity index is 2.41. The largest absolute Gasteiger partial charge is 0.312 e. The highest BCUT2D eigenvalue weighted by Crippen LogP contribution is 2.26. The number of nitrogens with one attached hydrogen (secondary N) is 1. The molecule has 0 aliphatic heterocycles. The Morgan fingerprint density at radius 2 is 2.50 bits per heavy atom. The van der Waals surface area contributed by atoms with Gasteiger partial charge in [0.1, 0.15) is 4.70 Å². The van der Waals surface area contributed by atoms with E-state index in [1.807, 2.05) is 0 Å². The van der Waals surface area contributed by atoms with Crippen LogP contribution in [0.25, 0.3) is 10.3 Å². The topological polar surface area (TPSA) is 58.6 Å². The predicted octanol–water partition coefficient (Wildman–Crippen LogP) is 1.88. The second kappa shape index (κ2) is 4.10. The minimum Gasteiger partial charge on any atom is -0.312 e. The quantitative estimate of drug-likeness (QED) is 0.813. The van der Waals surface area contributed by atoms with Crippen molar-refractivity contribution >= 4 is 33.4 Å². The summed E-state index contributed by atoms with van der Waals surface area (Å²) in [4.78, 5) is 22.1. The Labute approximate surface area is 88.8 Å². The molecule has 0 aliphatic rings. The molecule has 0 spiro atoms. The third kappa shape index (κ3) is 1.80. The van der Waals surface area contributed by atoms with Gasteiger partial charge >= 0.3 is 0 Å². The summed E-state index contributed by atoms with van der Waals surface area (Å²) in [5, 5.41) is 0. The third-order valence-corrected chi connectivity index (χ3v) is 4.00. The fourth-order valence-corrected chi connectivity index (χ4v) is 2.91. The highest BCUT2D eigenvalue weighted by atomic mass is 32.2. The molecular weight excluding hydrogens is 218 g/mol. The van der Waals surface area contributed by atoms with E-state index in [-0.39, 0.29) is 5.56 Å². The lowest BCUT2D eigenvalue weighted by Crippen LogP contribution is -2.03. The van der Waals surface area contributed by atoms with E-state index in [4.69, 9.17) is 0 Å². The number of H-pyrrole nitrogens is 1. The number of aromatic amines is 1. The maximum Gasteiger partial charge on any atom is 0.270 e. The van der Waals surface area contributed by atoms with Gasteiger partial charge in [-0.15, -0.1) is 11.3 Å². The van der Waals surface area contributed by atoms with Crippen LogP contribution in [0.2, 0.25) is 0 Å². The summed E-state index contributed by atoms with van der Waals surface area (Å²) in [6.45, 7) is 2.12. The van der Waals surface area contributed by atoms with E-state index in [1.54, 1.807) is 11.8 Å². The maximum absolute atomic E-state index is 11.3. The van der Waals surface area contributed by atoms with E-state index >= 15 is 0 Å². The zero-order chi connectivity index (χ0) is 9.97. The van der Waals surface area contributed by atoms with Gasteiger partial charge < -0.3 is 4.98 Å². The van der Waals surface area contributed by atoms with Crippen LogP contribution in [0.3, 0.4) is 0 Å². The lowest BCUT2D eigenvalue weighted by molar-refractivity contribution is 1.10. The van der Waals surface area contributed by atoms with Crippen LogP contribution in [0.5, 0.6) is 0 Å².